The normalized spacial score (nSPS) is 20.7. The van der Waals surface area contributed by atoms with Gasteiger partial charge in [-0.15, -0.1) is 0 Å². The summed E-state index contributed by atoms with van der Waals surface area (Å²) in [5, 5.41) is 61.5. The number of ether oxygens (including phenoxy) is 1. The van der Waals surface area contributed by atoms with Gasteiger partial charge in [0.15, 0.2) is 6.23 Å². The Bertz CT molecular complexity index is 2300. The number of H-pyrrole nitrogens is 1. The van der Waals surface area contributed by atoms with Crippen LogP contribution >= 0.6 is 0 Å². The molecule has 0 saturated carbocycles. The summed E-state index contributed by atoms with van der Waals surface area (Å²) >= 11 is 0. The van der Waals surface area contributed by atoms with Gasteiger partial charge in [-0.05, 0) is 63.6 Å². The van der Waals surface area contributed by atoms with Crippen LogP contribution in [0.4, 0.5) is 0 Å². The van der Waals surface area contributed by atoms with E-state index < -0.39 is 157 Å². The first kappa shape index (κ1) is 61.5. The van der Waals surface area contributed by atoms with E-state index in [9.17, 15) is 68.4 Å². The summed E-state index contributed by atoms with van der Waals surface area (Å²) in [5.41, 5.74) is 23.5. The maximum Gasteiger partial charge on any atom is 0.245 e. The van der Waals surface area contributed by atoms with E-state index in [1.54, 1.807) is 44.3 Å². The standard InChI is InChI=1S/C46H73N13O15/c1-20(2)14-28(39(50)67)54-45(73)35(22(4)61)59-44(72)30(16-33(49)63)56-43(71)31(17-34(64)58-46-36(52-23(5)62)38(66)37(65)32(19-60)74-46)57-42(70)29(15-24-18-51-26-11-7-6-10-25(24)26)55-41(69)27(12-8-9-13-47)53-40(68)21(3)48/h6-7,10-11,18,20-22,27-32,35-38,46,51,60-61,65-66H,8-9,12-17,19,47-48H2,1-5H3,(H2,49,63)(H2,50,67)(H,52,62)(H,53,68)(H,54,73)(H,55,69)(H,56,71)(H,57,70)(H,58,64)(H,59,72)/t21-,22?,27-,28-,29-,30-,31-,32?,35-,36?,37-,38+,46+/m0/s1. The van der Waals surface area contributed by atoms with Gasteiger partial charge >= 0.3 is 0 Å². The highest BCUT2D eigenvalue weighted by Crippen LogP contribution is 2.22. The summed E-state index contributed by atoms with van der Waals surface area (Å²) in [6, 6.07) is -5.59. The molecule has 3 rings (SSSR count). The van der Waals surface area contributed by atoms with Gasteiger partial charge in [0, 0.05) is 30.4 Å². The molecule has 1 aromatic carbocycles. The Morgan fingerprint density at radius 2 is 1.28 bits per heavy atom. The number of para-hydroxylation sites is 1. The van der Waals surface area contributed by atoms with Gasteiger partial charge in [0.2, 0.25) is 59.1 Å². The van der Waals surface area contributed by atoms with Crippen molar-refractivity contribution in [2.24, 2.45) is 28.9 Å². The fourth-order valence-electron chi connectivity index (χ4n) is 7.91. The summed E-state index contributed by atoms with van der Waals surface area (Å²) in [6.45, 7) is 6.46. The van der Waals surface area contributed by atoms with Crippen LogP contribution in [-0.2, 0) is 59.1 Å². The maximum atomic E-state index is 14.7. The highest BCUT2D eigenvalue weighted by atomic mass is 16.5. The van der Waals surface area contributed by atoms with Crippen LogP contribution in [0.5, 0.6) is 0 Å². The smallest absolute Gasteiger partial charge is 0.245 e. The molecule has 2 aromatic rings. The molecule has 0 spiro atoms. The second-order valence-corrected chi connectivity index (χ2v) is 18.6. The number of fused-ring (bicyclic) bond motifs is 1. The molecule has 74 heavy (non-hydrogen) atoms. The predicted molar refractivity (Wildman–Crippen MR) is 262 cm³/mol. The second kappa shape index (κ2) is 29.2. The zero-order valence-corrected chi connectivity index (χ0v) is 41.9. The van der Waals surface area contributed by atoms with Crippen molar-refractivity contribution in [2.45, 2.75) is 159 Å². The molecule has 0 bridgehead atoms. The van der Waals surface area contributed by atoms with Gasteiger partial charge < -0.3 is 95.6 Å². The lowest BCUT2D eigenvalue weighted by Gasteiger charge is -2.42. The summed E-state index contributed by atoms with van der Waals surface area (Å²) in [5.74, 6) is -10.5. The Morgan fingerprint density at radius 1 is 0.716 bits per heavy atom. The van der Waals surface area contributed by atoms with Crippen molar-refractivity contribution in [3.05, 3.63) is 36.0 Å². The number of unbranched alkanes of at least 4 members (excludes halogenated alkanes) is 1. The number of hydrogen-bond acceptors (Lipinski definition) is 17. The molecular weight excluding hydrogens is 975 g/mol. The van der Waals surface area contributed by atoms with E-state index >= 15 is 0 Å². The number of aliphatic hydroxyl groups is 4. The van der Waals surface area contributed by atoms with Crippen LogP contribution in [0, 0.1) is 5.92 Å². The molecule has 2 heterocycles. The number of nitrogens with two attached hydrogens (primary N) is 4. The van der Waals surface area contributed by atoms with Crippen LogP contribution in [0.15, 0.2) is 30.5 Å². The lowest BCUT2D eigenvalue weighted by atomic mass is 9.95. The topological polar surface area (TPSA) is 477 Å². The molecule has 1 aliphatic heterocycles. The minimum absolute atomic E-state index is 0.0598. The first-order valence-corrected chi connectivity index (χ1v) is 24.1. The molecule has 0 aliphatic carbocycles. The molecule has 10 amide bonds. The molecule has 412 valence electrons. The van der Waals surface area contributed by atoms with Crippen molar-refractivity contribution in [3.8, 4) is 0 Å². The quantitative estimate of drug-likeness (QED) is 0.0337. The van der Waals surface area contributed by atoms with Crippen LogP contribution in [0.1, 0.15) is 78.7 Å². The second-order valence-electron chi connectivity index (χ2n) is 18.6. The third-order valence-electron chi connectivity index (χ3n) is 11.8. The van der Waals surface area contributed by atoms with Gasteiger partial charge in [0.05, 0.1) is 31.6 Å². The van der Waals surface area contributed by atoms with Crippen molar-refractivity contribution in [1.82, 2.24) is 47.5 Å². The average Bonchev–Trinajstić information content (AvgIpc) is 3.73. The van der Waals surface area contributed by atoms with E-state index in [-0.39, 0.29) is 31.7 Å². The molecule has 1 aromatic heterocycles. The number of aromatic nitrogens is 1. The number of aliphatic hydroxyl groups excluding tert-OH is 4. The van der Waals surface area contributed by atoms with Crippen molar-refractivity contribution in [2.75, 3.05) is 13.2 Å². The van der Waals surface area contributed by atoms with Gasteiger partial charge in [-0.2, -0.15) is 0 Å². The number of rotatable bonds is 29. The van der Waals surface area contributed by atoms with Crippen LogP contribution in [-0.4, -0.2) is 177 Å². The summed E-state index contributed by atoms with van der Waals surface area (Å²) in [4.78, 5) is 137. The largest absolute Gasteiger partial charge is 0.394 e. The molecule has 28 nitrogen and oxygen atoms in total. The number of hydrogen-bond donors (Lipinski definition) is 17. The average molecular weight is 1050 g/mol. The first-order valence-electron chi connectivity index (χ1n) is 24.1. The Kier molecular flexibility index (Phi) is 24.2. The van der Waals surface area contributed by atoms with Crippen molar-refractivity contribution in [3.63, 3.8) is 0 Å². The van der Waals surface area contributed by atoms with Gasteiger partial charge in [0.1, 0.15) is 60.6 Å². The van der Waals surface area contributed by atoms with Gasteiger partial charge in [-0.3, -0.25) is 47.9 Å². The maximum absolute atomic E-state index is 14.7. The number of nitrogens with one attached hydrogen (secondary N) is 9. The summed E-state index contributed by atoms with van der Waals surface area (Å²) in [6.07, 6.45) is -8.20. The van der Waals surface area contributed by atoms with Crippen molar-refractivity contribution >= 4 is 70.0 Å². The Morgan fingerprint density at radius 3 is 1.85 bits per heavy atom. The molecule has 1 saturated heterocycles. The van der Waals surface area contributed by atoms with E-state index in [4.69, 9.17) is 27.7 Å². The Hall–Kier alpha value is -6.82. The van der Waals surface area contributed by atoms with Crippen LogP contribution in [0.2, 0.25) is 0 Å². The molecule has 21 N–H and O–H groups in total. The number of aromatic amines is 1. The Labute approximate surface area is 426 Å². The minimum atomic E-state index is -2.07. The van der Waals surface area contributed by atoms with Crippen LogP contribution < -0.4 is 65.5 Å². The number of primary amides is 2. The third kappa shape index (κ3) is 18.6. The highest BCUT2D eigenvalue weighted by Gasteiger charge is 2.46. The zero-order valence-electron chi connectivity index (χ0n) is 41.9. The van der Waals surface area contributed by atoms with E-state index in [2.05, 4.69) is 47.5 Å². The number of benzene rings is 1. The van der Waals surface area contributed by atoms with Crippen molar-refractivity contribution < 1.29 is 73.1 Å². The molecule has 13 atom stereocenters. The van der Waals surface area contributed by atoms with Crippen molar-refractivity contribution in [1.29, 1.82) is 0 Å². The molecule has 28 heteroatoms. The fourth-order valence-corrected chi connectivity index (χ4v) is 7.91. The number of amides is 10. The third-order valence-corrected chi connectivity index (χ3v) is 11.8. The lowest BCUT2D eigenvalue weighted by molar-refractivity contribution is -0.203. The molecule has 0 radical (unpaired) electrons. The van der Waals surface area contributed by atoms with Crippen LogP contribution in [0.3, 0.4) is 0 Å². The lowest BCUT2D eigenvalue weighted by Crippen LogP contribution is -2.68. The van der Waals surface area contributed by atoms with E-state index in [0.717, 1.165) is 13.8 Å². The zero-order chi connectivity index (χ0) is 55.6. The minimum Gasteiger partial charge on any atom is -0.394 e. The predicted octanol–water partition coefficient (Wildman–Crippen LogP) is -6.67. The number of carbonyl (C=O) groups excluding carboxylic acids is 10. The van der Waals surface area contributed by atoms with Crippen LogP contribution in [0.25, 0.3) is 10.9 Å². The van der Waals surface area contributed by atoms with E-state index in [0.29, 0.717) is 29.3 Å². The van der Waals surface area contributed by atoms with Gasteiger partial charge in [0.25, 0.3) is 0 Å². The molecule has 1 fully saturated rings. The SMILES string of the molecule is CC(=O)NC1[C@H](NC(=O)C[C@H](NC(=O)[C@H](Cc2c[nH]c3ccccc23)NC(=O)[C@H](CCCCN)NC(=O)[C@H](C)N)C(=O)N[C@@H](CC(N)=O)C(=O)N[C@H](C(=O)N[C@@H](CC(C)C)C(N)=O)C(C)O)OC(CO)[C@H](O)[C@@H]1O. The fraction of sp³-hybridized carbons (Fsp3) is 0.609. The van der Waals surface area contributed by atoms with E-state index in [1.807, 2.05) is 0 Å². The summed E-state index contributed by atoms with van der Waals surface area (Å²) in [7, 11) is 0. The monoisotopic (exact) mass is 1050 g/mol. The van der Waals surface area contributed by atoms with E-state index in [1.165, 1.54) is 6.92 Å². The molecule has 3 unspecified atom stereocenters. The Balaban J connectivity index is 2.11. The first-order chi connectivity index (χ1) is 34.8. The van der Waals surface area contributed by atoms with Gasteiger partial charge in [-0.1, -0.05) is 32.0 Å². The molecule has 1 aliphatic rings. The molecular formula is C46H73N13O15. The number of carbonyl (C=O) groups is 10. The van der Waals surface area contributed by atoms with Gasteiger partial charge in [-0.25, -0.2) is 0 Å². The highest BCUT2D eigenvalue weighted by molar-refractivity contribution is 6.00. The summed E-state index contributed by atoms with van der Waals surface area (Å²) < 4.78 is 5.60.